The Balaban J connectivity index is 2.20. The Morgan fingerprint density at radius 3 is 2.38 bits per heavy atom. The fourth-order valence-electron chi connectivity index (χ4n) is 1.67. The van der Waals surface area contributed by atoms with E-state index < -0.39 is 5.97 Å². The summed E-state index contributed by atoms with van der Waals surface area (Å²) in [5.74, 6) is -0.478. The number of carbonyl (C=O) groups excluding carboxylic acids is 2. The molecule has 13 heavy (non-hydrogen) atoms. The van der Waals surface area contributed by atoms with Crippen LogP contribution in [0.3, 0.4) is 0 Å². The number of carbonyl (C=O) groups is 2. The van der Waals surface area contributed by atoms with E-state index in [1.807, 2.05) is 0 Å². The highest BCUT2D eigenvalue weighted by atomic mass is 16.6. The zero-order valence-electron chi connectivity index (χ0n) is 7.75. The Kier molecular flexibility index (Phi) is 3.93. The van der Waals surface area contributed by atoms with Crippen LogP contribution in [-0.2, 0) is 14.3 Å². The van der Waals surface area contributed by atoms with Crippen molar-refractivity contribution in [2.75, 3.05) is 0 Å². The third kappa shape index (κ3) is 3.57. The van der Waals surface area contributed by atoms with Gasteiger partial charge in [-0.05, 0) is 25.7 Å². The van der Waals surface area contributed by atoms with E-state index in [0.717, 1.165) is 12.8 Å². The second-order valence-electron chi connectivity index (χ2n) is 3.45. The van der Waals surface area contributed by atoms with Crippen molar-refractivity contribution in [3.63, 3.8) is 0 Å². The molecule has 3 nitrogen and oxygen atoms in total. The van der Waals surface area contributed by atoms with Gasteiger partial charge in [-0.15, -0.1) is 0 Å². The van der Waals surface area contributed by atoms with Crippen molar-refractivity contribution < 1.29 is 14.3 Å². The number of hydrogen-bond donors (Lipinski definition) is 0. The molecule has 73 valence electrons. The summed E-state index contributed by atoms with van der Waals surface area (Å²) >= 11 is 0. The molecule has 1 aliphatic rings. The van der Waals surface area contributed by atoms with Crippen LogP contribution in [0.1, 0.15) is 38.5 Å². The van der Waals surface area contributed by atoms with Crippen molar-refractivity contribution in [2.24, 2.45) is 5.92 Å². The third-order valence-corrected chi connectivity index (χ3v) is 2.36. The highest BCUT2D eigenvalue weighted by Crippen LogP contribution is 2.27. The lowest BCUT2D eigenvalue weighted by atomic mass is 10.0. The first kappa shape index (κ1) is 10.2. The average molecular weight is 183 g/mol. The average Bonchev–Trinajstić information content (AvgIpc) is 2.56. The van der Waals surface area contributed by atoms with E-state index in [9.17, 15) is 9.59 Å². The van der Waals surface area contributed by atoms with Crippen LogP contribution in [0.2, 0.25) is 0 Å². The summed E-state index contributed by atoms with van der Waals surface area (Å²) in [5, 5.41) is 0. The number of rotatable bonds is 3. The molecule has 0 aromatic heterocycles. The maximum Gasteiger partial charge on any atom is 0.313 e. The van der Waals surface area contributed by atoms with E-state index in [4.69, 9.17) is 0 Å². The monoisotopic (exact) mass is 183 g/mol. The van der Waals surface area contributed by atoms with Gasteiger partial charge in [0.05, 0.1) is 0 Å². The Hall–Kier alpha value is -0.860. The summed E-state index contributed by atoms with van der Waals surface area (Å²) in [7, 11) is 0. The lowest BCUT2D eigenvalue weighted by molar-refractivity contribution is -0.159. The standard InChI is InChI=1S/C10H15O3/c1-2-9(11)13-10(12)7-8-5-3-4-6-8/h8H,1-7H2. The molecule has 0 unspecified atom stereocenters. The van der Waals surface area contributed by atoms with Gasteiger partial charge >= 0.3 is 11.9 Å². The summed E-state index contributed by atoms with van der Waals surface area (Å²) in [5.41, 5.74) is 0. The van der Waals surface area contributed by atoms with Crippen molar-refractivity contribution in [3.05, 3.63) is 6.92 Å². The first-order chi connectivity index (χ1) is 6.22. The molecule has 1 aliphatic carbocycles. The lowest BCUT2D eigenvalue weighted by Crippen LogP contribution is -2.14. The van der Waals surface area contributed by atoms with Crippen molar-refractivity contribution >= 4 is 11.9 Å². The van der Waals surface area contributed by atoms with E-state index >= 15 is 0 Å². The molecule has 0 amide bonds. The molecule has 0 aliphatic heterocycles. The number of ether oxygens (including phenoxy) is 1. The number of esters is 2. The van der Waals surface area contributed by atoms with Crippen molar-refractivity contribution in [3.8, 4) is 0 Å². The second kappa shape index (κ2) is 5.00. The summed E-state index contributed by atoms with van der Waals surface area (Å²) in [6, 6.07) is 0. The van der Waals surface area contributed by atoms with E-state index in [0.29, 0.717) is 12.3 Å². The normalized spacial score (nSPS) is 17.3. The molecule has 0 N–H and O–H groups in total. The first-order valence-corrected chi connectivity index (χ1v) is 4.75. The fraction of sp³-hybridized carbons (Fsp3) is 0.700. The highest BCUT2D eigenvalue weighted by molar-refractivity contribution is 5.85. The maximum absolute atomic E-state index is 11.1. The van der Waals surface area contributed by atoms with Crippen molar-refractivity contribution in [1.29, 1.82) is 0 Å². The predicted octanol–water partition coefficient (Wildman–Crippen LogP) is 1.86. The van der Waals surface area contributed by atoms with E-state index in [1.54, 1.807) is 0 Å². The van der Waals surface area contributed by atoms with E-state index in [1.165, 1.54) is 12.8 Å². The van der Waals surface area contributed by atoms with Gasteiger partial charge in [-0.2, -0.15) is 0 Å². The molecule has 1 rings (SSSR count). The van der Waals surface area contributed by atoms with Crippen LogP contribution < -0.4 is 0 Å². The fourth-order valence-corrected chi connectivity index (χ4v) is 1.67. The first-order valence-electron chi connectivity index (χ1n) is 4.75. The largest absolute Gasteiger partial charge is 0.393 e. The molecule has 0 saturated heterocycles. The van der Waals surface area contributed by atoms with Gasteiger partial charge in [-0.3, -0.25) is 9.59 Å². The van der Waals surface area contributed by atoms with Crippen molar-refractivity contribution in [2.45, 2.75) is 38.5 Å². The third-order valence-electron chi connectivity index (χ3n) is 2.36. The molecule has 0 heterocycles. The molecule has 0 aromatic carbocycles. The van der Waals surface area contributed by atoms with Gasteiger partial charge in [0, 0.05) is 12.8 Å². The summed E-state index contributed by atoms with van der Waals surface area (Å²) in [6.07, 6.45) is 4.99. The minimum Gasteiger partial charge on any atom is -0.393 e. The van der Waals surface area contributed by atoms with Gasteiger partial charge in [0.2, 0.25) is 0 Å². The van der Waals surface area contributed by atoms with E-state index in [-0.39, 0.29) is 12.4 Å². The van der Waals surface area contributed by atoms with Crippen LogP contribution >= 0.6 is 0 Å². The molecule has 0 bridgehead atoms. The highest BCUT2D eigenvalue weighted by Gasteiger charge is 2.20. The lowest BCUT2D eigenvalue weighted by Gasteiger charge is -2.06. The second-order valence-corrected chi connectivity index (χ2v) is 3.45. The molecule has 0 spiro atoms. The minimum absolute atomic E-state index is 0.0242. The van der Waals surface area contributed by atoms with Gasteiger partial charge < -0.3 is 4.74 Å². The van der Waals surface area contributed by atoms with Gasteiger partial charge in [-0.25, -0.2) is 0 Å². The summed E-state index contributed by atoms with van der Waals surface area (Å²) in [6.45, 7) is 3.34. The molecule has 0 atom stereocenters. The molecule has 3 heteroatoms. The molecular formula is C10H15O3. The van der Waals surface area contributed by atoms with Gasteiger partial charge in [-0.1, -0.05) is 12.8 Å². The Labute approximate surface area is 78.5 Å². The predicted molar refractivity (Wildman–Crippen MR) is 47.6 cm³/mol. The molecule has 1 radical (unpaired) electrons. The Morgan fingerprint density at radius 2 is 1.85 bits per heavy atom. The summed E-state index contributed by atoms with van der Waals surface area (Å²) < 4.78 is 4.52. The molecule has 0 aromatic rings. The van der Waals surface area contributed by atoms with Crippen LogP contribution in [0.25, 0.3) is 0 Å². The maximum atomic E-state index is 11.1. The van der Waals surface area contributed by atoms with E-state index in [2.05, 4.69) is 11.7 Å². The quantitative estimate of drug-likeness (QED) is 0.495. The van der Waals surface area contributed by atoms with Gasteiger partial charge in [0.1, 0.15) is 0 Å². The van der Waals surface area contributed by atoms with Crippen LogP contribution in [0.15, 0.2) is 0 Å². The molecule has 1 saturated carbocycles. The molecule has 1 fully saturated rings. The Morgan fingerprint density at radius 1 is 1.23 bits per heavy atom. The number of hydrogen-bond acceptors (Lipinski definition) is 3. The summed E-state index contributed by atoms with van der Waals surface area (Å²) in [4.78, 5) is 21.8. The topological polar surface area (TPSA) is 43.4 Å². The molecular weight excluding hydrogens is 168 g/mol. The van der Waals surface area contributed by atoms with Crippen molar-refractivity contribution in [1.82, 2.24) is 0 Å². The minimum atomic E-state index is -0.525. The Bertz CT molecular complexity index is 192. The van der Waals surface area contributed by atoms with Crippen LogP contribution in [0, 0.1) is 12.8 Å². The SMILES string of the molecule is [CH2]CC(=O)OC(=O)CC1CCCC1. The van der Waals surface area contributed by atoms with Crippen LogP contribution in [0.5, 0.6) is 0 Å². The smallest absolute Gasteiger partial charge is 0.313 e. The zero-order valence-corrected chi connectivity index (χ0v) is 7.75. The van der Waals surface area contributed by atoms with Gasteiger partial charge in [0.25, 0.3) is 0 Å². The van der Waals surface area contributed by atoms with Crippen LogP contribution in [0.4, 0.5) is 0 Å². The van der Waals surface area contributed by atoms with Crippen LogP contribution in [-0.4, -0.2) is 11.9 Å². The zero-order chi connectivity index (χ0) is 9.68. The van der Waals surface area contributed by atoms with Gasteiger partial charge in [0.15, 0.2) is 0 Å².